The van der Waals surface area contributed by atoms with Gasteiger partial charge in [0.1, 0.15) is 0 Å². The fourth-order valence-corrected chi connectivity index (χ4v) is 4.61. The number of nitrogens with zero attached hydrogens (tertiary/aromatic N) is 3. The number of aromatic nitrogens is 2. The van der Waals surface area contributed by atoms with E-state index < -0.39 is 0 Å². The molecule has 4 rings (SSSR count). The van der Waals surface area contributed by atoms with E-state index in [9.17, 15) is 4.79 Å². The van der Waals surface area contributed by atoms with Gasteiger partial charge >= 0.3 is 0 Å². The molecule has 24 heavy (non-hydrogen) atoms. The average molecular weight is 328 g/mol. The van der Waals surface area contributed by atoms with Crippen LogP contribution in [0.2, 0.25) is 0 Å². The first-order valence-corrected chi connectivity index (χ1v) is 9.60. The van der Waals surface area contributed by atoms with Crippen molar-refractivity contribution in [3.8, 4) is 0 Å². The highest BCUT2D eigenvalue weighted by atomic mass is 16.2. The number of nitrogens with one attached hydrogen (secondary N) is 1. The molecule has 0 spiro atoms. The van der Waals surface area contributed by atoms with Gasteiger partial charge in [-0.05, 0) is 51.0 Å². The zero-order valence-corrected chi connectivity index (χ0v) is 14.7. The Labute approximate surface area is 144 Å². The molecule has 1 saturated carbocycles. The highest BCUT2D eigenvalue weighted by molar-refractivity contribution is 5.79. The molecule has 2 aliphatic carbocycles. The Morgan fingerprint density at radius 1 is 1.12 bits per heavy atom. The minimum atomic E-state index is 0.344. The lowest BCUT2D eigenvalue weighted by Gasteiger charge is -2.24. The highest BCUT2D eigenvalue weighted by Crippen LogP contribution is 2.29. The van der Waals surface area contributed by atoms with Crippen LogP contribution in [-0.4, -0.2) is 39.9 Å². The maximum absolute atomic E-state index is 12.3. The zero-order chi connectivity index (χ0) is 16.5. The summed E-state index contributed by atoms with van der Waals surface area (Å²) < 4.78 is 0. The number of amides is 1. The Morgan fingerprint density at radius 3 is 2.75 bits per heavy atom. The first-order chi connectivity index (χ1) is 11.7. The van der Waals surface area contributed by atoms with Crippen molar-refractivity contribution in [3.05, 3.63) is 17.0 Å². The molecule has 1 saturated heterocycles. The van der Waals surface area contributed by atoms with Crippen molar-refractivity contribution in [1.29, 1.82) is 0 Å². The van der Waals surface area contributed by atoms with Gasteiger partial charge in [-0.15, -0.1) is 0 Å². The topological polar surface area (TPSA) is 58.1 Å². The van der Waals surface area contributed by atoms with Crippen LogP contribution in [0.3, 0.4) is 0 Å². The molecule has 1 aromatic heterocycles. The lowest BCUT2D eigenvalue weighted by molar-refractivity contribution is -0.129. The second kappa shape index (κ2) is 6.69. The third-order valence-corrected chi connectivity index (χ3v) is 5.94. The maximum Gasteiger partial charge on any atom is 0.223 e. The number of fused-ring (bicyclic) bond motifs is 1. The molecule has 130 valence electrons. The summed E-state index contributed by atoms with van der Waals surface area (Å²) in [5, 5.41) is 3.41. The second-order valence-corrected chi connectivity index (χ2v) is 7.70. The van der Waals surface area contributed by atoms with E-state index in [0.29, 0.717) is 24.3 Å². The molecule has 5 heteroatoms. The molecule has 3 aliphatic rings. The summed E-state index contributed by atoms with van der Waals surface area (Å²) in [5.74, 6) is 1.48. The lowest BCUT2D eigenvalue weighted by atomic mass is 9.95. The Bertz CT molecular complexity index is 624. The van der Waals surface area contributed by atoms with Crippen LogP contribution in [0.25, 0.3) is 0 Å². The average Bonchev–Trinajstić information content (AvgIpc) is 3.22. The highest BCUT2D eigenvalue weighted by Gasteiger charge is 2.35. The van der Waals surface area contributed by atoms with Gasteiger partial charge in [-0.3, -0.25) is 4.79 Å². The zero-order valence-electron chi connectivity index (χ0n) is 14.7. The van der Waals surface area contributed by atoms with Crippen LogP contribution in [0, 0.1) is 12.8 Å². The normalized spacial score (nSPS) is 24.5. The van der Waals surface area contributed by atoms with Crippen molar-refractivity contribution in [2.24, 2.45) is 5.92 Å². The minimum Gasteiger partial charge on any atom is -0.354 e. The summed E-state index contributed by atoms with van der Waals surface area (Å²) >= 11 is 0. The van der Waals surface area contributed by atoms with Crippen LogP contribution in [0.5, 0.6) is 0 Å². The number of hydrogen-bond acceptors (Lipinski definition) is 4. The molecular formula is C19H28N4O. The Hall–Kier alpha value is -1.65. The molecule has 1 aliphatic heterocycles. The van der Waals surface area contributed by atoms with E-state index >= 15 is 0 Å². The Balaban J connectivity index is 1.37. The quantitative estimate of drug-likeness (QED) is 0.923. The van der Waals surface area contributed by atoms with Gasteiger partial charge < -0.3 is 10.2 Å². The van der Waals surface area contributed by atoms with Crippen LogP contribution in [-0.2, 0) is 17.6 Å². The van der Waals surface area contributed by atoms with E-state index in [1.165, 1.54) is 49.8 Å². The second-order valence-electron chi connectivity index (χ2n) is 7.70. The van der Waals surface area contributed by atoms with Gasteiger partial charge in [0.2, 0.25) is 11.9 Å². The van der Waals surface area contributed by atoms with E-state index in [0.717, 1.165) is 37.6 Å². The molecule has 2 heterocycles. The third-order valence-electron chi connectivity index (χ3n) is 5.94. The first kappa shape index (κ1) is 15.9. The number of anilines is 1. The van der Waals surface area contributed by atoms with E-state index in [-0.39, 0.29) is 0 Å². The SMILES string of the molecule is Cc1nc(NCC2CC(=O)N(C3CCCC3)C2)nc2c1CCCC2. The number of hydrogen-bond donors (Lipinski definition) is 1. The van der Waals surface area contributed by atoms with Crippen molar-refractivity contribution in [1.82, 2.24) is 14.9 Å². The predicted molar refractivity (Wildman–Crippen MR) is 94.0 cm³/mol. The smallest absolute Gasteiger partial charge is 0.223 e. The summed E-state index contributed by atoms with van der Waals surface area (Å²) in [6.45, 7) is 3.80. The molecule has 1 atom stereocenters. The number of likely N-dealkylation sites (tertiary alicyclic amines) is 1. The van der Waals surface area contributed by atoms with Gasteiger partial charge in [-0.1, -0.05) is 12.8 Å². The van der Waals surface area contributed by atoms with Crippen molar-refractivity contribution < 1.29 is 4.79 Å². The molecule has 0 bridgehead atoms. The van der Waals surface area contributed by atoms with Gasteiger partial charge in [-0.25, -0.2) is 9.97 Å². The van der Waals surface area contributed by atoms with Crippen molar-refractivity contribution in [2.75, 3.05) is 18.4 Å². The van der Waals surface area contributed by atoms with E-state index in [1.807, 2.05) is 0 Å². The summed E-state index contributed by atoms with van der Waals surface area (Å²) in [4.78, 5) is 23.8. The van der Waals surface area contributed by atoms with Crippen LogP contribution in [0.4, 0.5) is 5.95 Å². The third kappa shape index (κ3) is 3.13. The molecule has 2 fully saturated rings. The number of aryl methyl sites for hydroxylation is 2. The summed E-state index contributed by atoms with van der Waals surface area (Å²) in [7, 11) is 0. The molecular weight excluding hydrogens is 300 g/mol. The monoisotopic (exact) mass is 328 g/mol. The Morgan fingerprint density at radius 2 is 1.92 bits per heavy atom. The number of rotatable bonds is 4. The van der Waals surface area contributed by atoms with Crippen molar-refractivity contribution >= 4 is 11.9 Å². The van der Waals surface area contributed by atoms with E-state index in [4.69, 9.17) is 4.98 Å². The standard InChI is InChI=1S/C19H28N4O/c1-13-16-8-4-5-9-17(16)22-19(21-13)20-11-14-10-18(24)23(12-14)15-6-2-3-7-15/h14-15H,2-12H2,1H3,(H,20,21,22). The fourth-order valence-electron chi connectivity index (χ4n) is 4.61. The molecule has 0 radical (unpaired) electrons. The van der Waals surface area contributed by atoms with E-state index in [2.05, 4.69) is 22.1 Å². The molecule has 1 amide bonds. The summed E-state index contributed by atoms with van der Waals surface area (Å²) in [6, 6.07) is 0.504. The molecule has 5 nitrogen and oxygen atoms in total. The molecule has 1 N–H and O–H groups in total. The van der Waals surface area contributed by atoms with Crippen molar-refractivity contribution in [3.63, 3.8) is 0 Å². The van der Waals surface area contributed by atoms with Crippen molar-refractivity contribution in [2.45, 2.75) is 70.8 Å². The van der Waals surface area contributed by atoms with Gasteiger partial charge in [0.05, 0.1) is 0 Å². The molecule has 1 unspecified atom stereocenters. The van der Waals surface area contributed by atoms with Crippen LogP contribution < -0.4 is 5.32 Å². The van der Waals surface area contributed by atoms with Gasteiger partial charge in [0.25, 0.3) is 0 Å². The maximum atomic E-state index is 12.3. The minimum absolute atomic E-state index is 0.344. The number of carbonyl (C=O) groups excluding carboxylic acids is 1. The summed E-state index contributed by atoms with van der Waals surface area (Å²) in [5.41, 5.74) is 3.71. The fraction of sp³-hybridized carbons (Fsp3) is 0.737. The first-order valence-electron chi connectivity index (χ1n) is 9.60. The largest absolute Gasteiger partial charge is 0.354 e. The van der Waals surface area contributed by atoms with Crippen LogP contribution in [0.15, 0.2) is 0 Å². The predicted octanol–water partition coefficient (Wildman–Crippen LogP) is 2.87. The molecule has 1 aromatic rings. The Kier molecular flexibility index (Phi) is 4.42. The van der Waals surface area contributed by atoms with Gasteiger partial charge in [0, 0.05) is 42.9 Å². The van der Waals surface area contributed by atoms with Gasteiger partial charge in [0.15, 0.2) is 0 Å². The lowest BCUT2D eigenvalue weighted by Crippen LogP contribution is -2.35. The van der Waals surface area contributed by atoms with Crippen LogP contribution >= 0.6 is 0 Å². The summed E-state index contributed by atoms with van der Waals surface area (Å²) in [6.07, 6.45) is 10.3. The van der Waals surface area contributed by atoms with Gasteiger partial charge in [-0.2, -0.15) is 0 Å². The van der Waals surface area contributed by atoms with Crippen LogP contribution in [0.1, 0.15) is 61.9 Å². The molecule has 0 aromatic carbocycles. The van der Waals surface area contributed by atoms with E-state index in [1.54, 1.807) is 0 Å². The number of carbonyl (C=O) groups is 1.